The number of fused-ring (bicyclic) bond motifs is 1. The van der Waals surface area contributed by atoms with Crippen LogP contribution in [0.3, 0.4) is 0 Å². The lowest BCUT2D eigenvalue weighted by atomic mass is 9.74. The summed E-state index contributed by atoms with van der Waals surface area (Å²) in [6.07, 6.45) is 6.78. The molecule has 0 unspecified atom stereocenters. The van der Waals surface area contributed by atoms with Gasteiger partial charge in [-0.1, -0.05) is 38.0 Å². The Bertz CT molecular complexity index is 549. The SMILES string of the molecule is CCCC1CCC(O)(c2cccc3ccsc23)CC1. The van der Waals surface area contributed by atoms with Crippen molar-refractivity contribution in [1.29, 1.82) is 0 Å². The highest BCUT2D eigenvalue weighted by molar-refractivity contribution is 7.17. The maximum atomic E-state index is 11.1. The van der Waals surface area contributed by atoms with Gasteiger partial charge in [-0.2, -0.15) is 0 Å². The average Bonchev–Trinajstić information content (AvgIpc) is 2.90. The third-order valence-corrected chi connectivity index (χ3v) is 5.57. The van der Waals surface area contributed by atoms with Crippen LogP contribution in [0.5, 0.6) is 0 Å². The lowest BCUT2D eigenvalue weighted by molar-refractivity contribution is -0.0138. The van der Waals surface area contributed by atoms with Gasteiger partial charge < -0.3 is 5.11 Å². The zero-order chi connectivity index (χ0) is 13.3. The van der Waals surface area contributed by atoms with Gasteiger partial charge in [0.15, 0.2) is 0 Å². The van der Waals surface area contributed by atoms with Crippen LogP contribution < -0.4 is 0 Å². The molecule has 1 fully saturated rings. The second kappa shape index (κ2) is 5.26. The molecule has 2 aromatic rings. The van der Waals surface area contributed by atoms with E-state index in [-0.39, 0.29) is 0 Å². The van der Waals surface area contributed by atoms with Gasteiger partial charge in [0.05, 0.1) is 5.60 Å². The van der Waals surface area contributed by atoms with E-state index in [1.165, 1.54) is 35.8 Å². The summed E-state index contributed by atoms with van der Waals surface area (Å²) in [6.45, 7) is 2.26. The molecule has 1 N–H and O–H groups in total. The van der Waals surface area contributed by atoms with Gasteiger partial charge in [-0.05, 0) is 48.4 Å². The number of benzene rings is 1. The fraction of sp³-hybridized carbons (Fsp3) is 0.529. The molecule has 0 atom stereocenters. The van der Waals surface area contributed by atoms with Crippen LogP contribution in [0.15, 0.2) is 29.6 Å². The van der Waals surface area contributed by atoms with Crippen molar-refractivity contribution in [1.82, 2.24) is 0 Å². The summed E-state index contributed by atoms with van der Waals surface area (Å²) < 4.78 is 1.28. The highest BCUT2D eigenvalue weighted by Gasteiger charge is 2.35. The summed E-state index contributed by atoms with van der Waals surface area (Å²) in [7, 11) is 0. The lowest BCUT2D eigenvalue weighted by Crippen LogP contribution is -2.31. The number of thiophene rings is 1. The molecule has 19 heavy (non-hydrogen) atoms. The molecule has 2 heteroatoms. The Hall–Kier alpha value is -0.860. The lowest BCUT2D eigenvalue weighted by Gasteiger charge is -2.36. The molecular weight excluding hydrogens is 252 g/mol. The largest absolute Gasteiger partial charge is 0.385 e. The first kappa shape index (κ1) is 13.1. The van der Waals surface area contributed by atoms with E-state index in [1.807, 2.05) is 0 Å². The van der Waals surface area contributed by atoms with Gasteiger partial charge in [0.1, 0.15) is 0 Å². The molecule has 0 saturated heterocycles. The van der Waals surface area contributed by atoms with Crippen molar-refractivity contribution in [2.75, 3.05) is 0 Å². The Kier molecular flexibility index (Phi) is 3.64. The summed E-state index contributed by atoms with van der Waals surface area (Å²) >= 11 is 1.76. The van der Waals surface area contributed by atoms with E-state index in [9.17, 15) is 5.11 Å². The predicted octanol–water partition coefficient (Wildman–Crippen LogP) is 5.08. The zero-order valence-electron chi connectivity index (χ0n) is 11.6. The fourth-order valence-corrected chi connectivity index (χ4v) is 4.49. The maximum Gasteiger partial charge on any atom is 0.0910 e. The van der Waals surface area contributed by atoms with E-state index in [1.54, 1.807) is 11.3 Å². The zero-order valence-corrected chi connectivity index (χ0v) is 12.4. The summed E-state index contributed by atoms with van der Waals surface area (Å²) in [5.74, 6) is 0.827. The van der Waals surface area contributed by atoms with Gasteiger partial charge >= 0.3 is 0 Å². The second-order valence-electron chi connectivity index (χ2n) is 5.91. The molecule has 1 aliphatic carbocycles. The third-order valence-electron chi connectivity index (χ3n) is 4.61. The quantitative estimate of drug-likeness (QED) is 0.827. The molecule has 0 amide bonds. The molecular formula is C17H22OS. The standard InChI is InChI=1S/C17H22OS/c1-2-4-13-7-10-17(18,11-8-13)15-6-3-5-14-9-12-19-16(14)15/h3,5-6,9,12-13,18H,2,4,7-8,10-11H2,1H3. The summed E-state index contributed by atoms with van der Waals surface area (Å²) in [6, 6.07) is 8.50. The van der Waals surface area contributed by atoms with E-state index in [2.05, 4.69) is 36.6 Å². The smallest absolute Gasteiger partial charge is 0.0910 e. The Balaban J connectivity index is 1.87. The number of aliphatic hydroxyl groups is 1. The molecule has 1 aromatic heterocycles. The van der Waals surface area contributed by atoms with Crippen molar-refractivity contribution in [2.45, 2.75) is 51.0 Å². The first-order valence-corrected chi connectivity index (χ1v) is 8.30. The van der Waals surface area contributed by atoms with Crippen molar-refractivity contribution in [3.05, 3.63) is 35.2 Å². The molecule has 1 heterocycles. The molecule has 1 aromatic carbocycles. The van der Waals surface area contributed by atoms with Crippen LogP contribution in [0.1, 0.15) is 51.0 Å². The summed E-state index contributed by atoms with van der Waals surface area (Å²) in [4.78, 5) is 0. The maximum absolute atomic E-state index is 11.1. The predicted molar refractivity (Wildman–Crippen MR) is 82.6 cm³/mol. The van der Waals surface area contributed by atoms with Crippen molar-refractivity contribution in [3.63, 3.8) is 0 Å². The van der Waals surface area contributed by atoms with Gasteiger partial charge in [-0.3, -0.25) is 0 Å². The highest BCUT2D eigenvalue weighted by atomic mass is 32.1. The molecule has 3 rings (SSSR count). The van der Waals surface area contributed by atoms with Crippen LogP contribution in [0.4, 0.5) is 0 Å². The van der Waals surface area contributed by atoms with Crippen molar-refractivity contribution < 1.29 is 5.11 Å². The molecule has 0 spiro atoms. The first-order chi connectivity index (χ1) is 9.23. The van der Waals surface area contributed by atoms with Crippen LogP contribution in [-0.4, -0.2) is 5.11 Å². The van der Waals surface area contributed by atoms with Gasteiger partial charge in [-0.15, -0.1) is 11.3 Å². The topological polar surface area (TPSA) is 20.2 Å². The molecule has 1 aliphatic rings. The van der Waals surface area contributed by atoms with Gasteiger partial charge in [-0.25, -0.2) is 0 Å². The van der Waals surface area contributed by atoms with Gasteiger partial charge in [0.2, 0.25) is 0 Å². The third kappa shape index (κ3) is 2.44. The van der Waals surface area contributed by atoms with Crippen LogP contribution in [0, 0.1) is 5.92 Å². The Labute approximate surface area is 119 Å². The van der Waals surface area contributed by atoms with Crippen LogP contribution in [0.2, 0.25) is 0 Å². The van der Waals surface area contributed by atoms with E-state index in [0.29, 0.717) is 0 Å². The van der Waals surface area contributed by atoms with Crippen molar-refractivity contribution in [3.8, 4) is 0 Å². The first-order valence-electron chi connectivity index (χ1n) is 7.42. The van der Waals surface area contributed by atoms with Crippen molar-refractivity contribution in [2.24, 2.45) is 5.92 Å². The number of hydrogen-bond donors (Lipinski definition) is 1. The van der Waals surface area contributed by atoms with E-state index >= 15 is 0 Å². The molecule has 1 nitrogen and oxygen atoms in total. The average molecular weight is 274 g/mol. The minimum absolute atomic E-state index is 0.589. The molecule has 0 aliphatic heterocycles. The summed E-state index contributed by atoms with van der Waals surface area (Å²) in [5.41, 5.74) is 0.573. The normalized spacial score (nSPS) is 27.8. The van der Waals surface area contributed by atoms with Crippen LogP contribution in [0.25, 0.3) is 10.1 Å². The molecule has 0 bridgehead atoms. The second-order valence-corrected chi connectivity index (χ2v) is 6.82. The summed E-state index contributed by atoms with van der Waals surface area (Å²) in [5, 5.41) is 14.4. The number of hydrogen-bond acceptors (Lipinski definition) is 2. The molecule has 1 saturated carbocycles. The Morgan fingerprint density at radius 3 is 2.79 bits per heavy atom. The molecule has 0 radical (unpaired) electrons. The van der Waals surface area contributed by atoms with E-state index < -0.39 is 5.60 Å². The minimum atomic E-state index is -0.589. The fourth-order valence-electron chi connectivity index (χ4n) is 3.48. The Morgan fingerprint density at radius 2 is 2.05 bits per heavy atom. The van der Waals surface area contributed by atoms with E-state index in [0.717, 1.165) is 24.3 Å². The molecule has 102 valence electrons. The van der Waals surface area contributed by atoms with Gasteiger partial charge in [0.25, 0.3) is 0 Å². The van der Waals surface area contributed by atoms with Crippen molar-refractivity contribution >= 4 is 21.4 Å². The minimum Gasteiger partial charge on any atom is -0.385 e. The Morgan fingerprint density at radius 1 is 1.26 bits per heavy atom. The van der Waals surface area contributed by atoms with Gasteiger partial charge in [0, 0.05) is 10.3 Å². The van der Waals surface area contributed by atoms with Crippen LogP contribution >= 0.6 is 11.3 Å². The monoisotopic (exact) mass is 274 g/mol. The van der Waals surface area contributed by atoms with E-state index in [4.69, 9.17) is 0 Å². The highest BCUT2D eigenvalue weighted by Crippen LogP contribution is 2.44. The number of rotatable bonds is 3. The van der Waals surface area contributed by atoms with Crippen LogP contribution in [-0.2, 0) is 5.60 Å².